The van der Waals surface area contributed by atoms with E-state index in [1.807, 2.05) is 13.8 Å². The molecule has 0 bridgehead atoms. The molecule has 0 aliphatic rings. The molecule has 0 aliphatic heterocycles. The number of aromatic carboxylic acids is 1. The number of carbonyl (C=O) groups excluding carboxylic acids is 1. The Balaban J connectivity index is 1.80. The van der Waals surface area contributed by atoms with Crippen molar-refractivity contribution in [2.24, 2.45) is 0 Å². The third-order valence-corrected chi connectivity index (χ3v) is 3.30. The fourth-order valence-corrected chi connectivity index (χ4v) is 1.97. The summed E-state index contributed by atoms with van der Waals surface area (Å²) >= 11 is 0. The molecule has 2 amide bonds. The molecule has 0 saturated heterocycles. The summed E-state index contributed by atoms with van der Waals surface area (Å²) in [6, 6.07) is 6.00. The third-order valence-electron chi connectivity index (χ3n) is 3.30. The SMILES string of the molecule is CCc1nc(C)c(CNC(=O)NCc2ccc(C(=O)O)cc2)o1. The van der Waals surface area contributed by atoms with Crippen LogP contribution in [0.3, 0.4) is 0 Å². The molecular formula is C16H19N3O4. The summed E-state index contributed by atoms with van der Waals surface area (Å²) in [6.07, 6.45) is 0.708. The number of carbonyl (C=O) groups is 2. The van der Waals surface area contributed by atoms with E-state index in [-0.39, 0.29) is 18.1 Å². The lowest BCUT2D eigenvalue weighted by Crippen LogP contribution is -2.34. The van der Waals surface area contributed by atoms with Gasteiger partial charge in [0.25, 0.3) is 0 Å². The number of benzene rings is 1. The van der Waals surface area contributed by atoms with Crippen LogP contribution >= 0.6 is 0 Å². The minimum Gasteiger partial charge on any atom is -0.478 e. The molecule has 0 saturated carbocycles. The van der Waals surface area contributed by atoms with Crippen molar-refractivity contribution in [3.05, 3.63) is 52.7 Å². The summed E-state index contributed by atoms with van der Waals surface area (Å²) in [5.41, 5.74) is 1.80. The number of carboxylic acid groups (broad SMARTS) is 1. The molecule has 3 N–H and O–H groups in total. The van der Waals surface area contributed by atoms with Crippen LogP contribution in [0.25, 0.3) is 0 Å². The first kappa shape index (κ1) is 16.5. The summed E-state index contributed by atoms with van der Waals surface area (Å²) in [5.74, 6) is 0.317. The van der Waals surface area contributed by atoms with Gasteiger partial charge in [-0.2, -0.15) is 0 Å². The molecule has 1 aromatic carbocycles. The third kappa shape index (κ3) is 4.57. The Labute approximate surface area is 133 Å². The lowest BCUT2D eigenvalue weighted by molar-refractivity contribution is 0.0697. The second-order valence-corrected chi connectivity index (χ2v) is 5.01. The maximum atomic E-state index is 11.8. The zero-order chi connectivity index (χ0) is 16.8. The number of hydrogen-bond donors (Lipinski definition) is 3. The van der Waals surface area contributed by atoms with Crippen LogP contribution < -0.4 is 10.6 Å². The summed E-state index contributed by atoms with van der Waals surface area (Å²) in [5, 5.41) is 14.2. The van der Waals surface area contributed by atoms with Crippen molar-refractivity contribution in [2.45, 2.75) is 33.4 Å². The molecule has 7 nitrogen and oxygen atoms in total. The summed E-state index contributed by atoms with van der Waals surface area (Å²) < 4.78 is 5.50. The number of aryl methyl sites for hydroxylation is 2. The highest BCUT2D eigenvalue weighted by Gasteiger charge is 2.09. The second-order valence-electron chi connectivity index (χ2n) is 5.01. The van der Waals surface area contributed by atoms with Crippen LogP contribution in [0, 0.1) is 6.92 Å². The number of aromatic nitrogens is 1. The topological polar surface area (TPSA) is 104 Å². The Hall–Kier alpha value is -2.83. The summed E-state index contributed by atoms with van der Waals surface area (Å²) in [4.78, 5) is 26.8. The van der Waals surface area contributed by atoms with Crippen LogP contribution in [0.15, 0.2) is 28.7 Å². The Morgan fingerprint density at radius 2 is 1.83 bits per heavy atom. The Kier molecular flexibility index (Phi) is 5.35. The fraction of sp³-hybridized carbons (Fsp3) is 0.312. The van der Waals surface area contributed by atoms with Gasteiger partial charge in [0.2, 0.25) is 0 Å². The van der Waals surface area contributed by atoms with E-state index >= 15 is 0 Å². The summed E-state index contributed by atoms with van der Waals surface area (Å²) in [7, 11) is 0. The van der Waals surface area contributed by atoms with Gasteiger partial charge in [0.15, 0.2) is 5.89 Å². The van der Waals surface area contributed by atoms with Crippen molar-refractivity contribution in [3.8, 4) is 0 Å². The van der Waals surface area contributed by atoms with E-state index in [4.69, 9.17) is 9.52 Å². The second kappa shape index (κ2) is 7.44. The number of nitrogens with one attached hydrogen (secondary N) is 2. The maximum absolute atomic E-state index is 11.8. The van der Waals surface area contributed by atoms with Gasteiger partial charge < -0.3 is 20.2 Å². The predicted molar refractivity (Wildman–Crippen MR) is 83.1 cm³/mol. The molecule has 122 valence electrons. The lowest BCUT2D eigenvalue weighted by Gasteiger charge is -2.07. The first-order valence-electron chi connectivity index (χ1n) is 7.28. The Morgan fingerprint density at radius 1 is 1.17 bits per heavy atom. The number of urea groups is 1. The van der Waals surface area contributed by atoms with E-state index in [0.717, 1.165) is 11.3 Å². The van der Waals surface area contributed by atoms with Crippen LogP contribution in [0.5, 0.6) is 0 Å². The molecule has 0 atom stereocenters. The first-order valence-corrected chi connectivity index (χ1v) is 7.28. The van der Waals surface area contributed by atoms with E-state index < -0.39 is 5.97 Å². The van der Waals surface area contributed by atoms with E-state index in [1.54, 1.807) is 12.1 Å². The number of oxazole rings is 1. The molecule has 1 aromatic heterocycles. The highest BCUT2D eigenvalue weighted by atomic mass is 16.4. The van der Waals surface area contributed by atoms with Crippen LogP contribution in [0.1, 0.15) is 40.2 Å². The van der Waals surface area contributed by atoms with E-state index in [1.165, 1.54) is 12.1 Å². The molecule has 0 fully saturated rings. The number of hydrogen-bond acceptors (Lipinski definition) is 4. The van der Waals surface area contributed by atoms with Gasteiger partial charge in [-0.15, -0.1) is 0 Å². The van der Waals surface area contributed by atoms with E-state index in [0.29, 0.717) is 24.6 Å². The molecule has 0 spiro atoms. The molecule has 0 radical (unpaired) electrons. The molecule has 2 rings (SSSR count). The monoisotopic (exact) mass is 317 g/mol. The molecule has 0 aliphatic carbocycles. The largest absolute Gasteiger partial charge is 0.478 e. The molecule has 2 aromatic rings. The van der Waals surface area contributed by atoms with Crippen LogP contribution in [-0.2, 0) is 19.5 Å². The average molecular weight is 317 g/mol. The standard InChI is InChI=1S/C16H19N3O4/c1-3-14-19-10(2)13(23-14)9-18-16(22)17-8-11-4-6-12(7-5-11)15(20)21/h4-7H,3,8-9H2,1-2H3,(H,20,21)(H2,17,18,22). The minimum atomic E-state index is -0.976. The number of nitrogens with zero attached hydrogens (tertiary/aromatic N) is 1. The number of amides is 2. The van der Waals surface area contributed by atoms with Crippen molar-refractivity contribution < 1.29 is 19.1 Å². The molecule has 23 heavy (non-hydrogen) atoms. The van der Waals surface area contributed by atoms with Crippen LogP contribution in [-0.4, -0.2) is 22.1 Å². The molecule has 7 heteroatoms. The van der Waals surface area contributed by atoms with Gasteiger partial charge in [0, 0.05) is 13.0 Å². The highest BCUT2D eigenvalue weighted by Crippen LogP contribution is 2.10. The zero-order valence-electron chi connectivity index (χ0n) is 13.0. The van der Waals surface area contributed by atoms with Gasteiger partial charge in [-0.1, -0.05) is 19.1 Å². The molecular weight excluding hydrogens is 298 g/mol. The van der Waals surface area contributed by atoms with Crippen LogP contribution in [0.4, 0.5) is 4.79 Å². The normalized spacial score (nSPS) is 10.3. The van der Waals surface area contributed by atoms with Crippen molar-refractivity contribution in [1.82, 2.24) is 15.6 Å². The van der Waals surface area contributed by atoms with Crippen LogP contribution in [0.2, 0.25) is 0 Å². The molecule has 1 heterocycles. The van der Waals surface area contributed by atoms with Gasteiger partial charge in [-0.25, -0.2) is 14.6 Å². The van der Waals surface area contributed by atoms with E-state index in [2.05, 4.69) is 15.6 Å². The highest BCUT2D eigenvalue weighted by molar-refractivity contribution is 5.87. The van der Waals surface area contributed by atoms with Gasteiger partial charge >= 0.3 is 12.0 Å². The lowest BCUT2D eigenvalue weighted by atomic mass is 10.1. The van der Waals surface area contributed by atoms with Gasteiger partial charge in [0.05, 0.1) is 17.8 Å². The van der Waals surface area contributed by atoms with Crippen molar-refractivity contribution in [2.75, 3.05) is 0 Å². The Bertz CT molecular complexity index is 692. The average Bonchev–Trinajstić information content (AvgIpc) is 2.91. The van der Waals surface area contributed by atoms with Gasteiger partial charge in [-0.3, -0.25) is 0 Å². The maximum Gasteiger partial charge on any atom is 0.335 e. The Morgan fingerprint density at radius 3 is 2.39 bits per heavy atom. The van der Waals surface area contributed by atoms with Gasteiger partial charge in [0.1, 0.15) is 5.76 Å². The fourth-order valence-electron chi connectivity index (χ4n) is 1.97. The number of rotatable bonds is 6. The predicted octanol–water partition coefficient (Wildman–Crippen LogP) is 2.24. The van der Waals surface area contributed by atoms with Gasteiger partial charge in [-0.05, 0) is 24.6 Å². The zero-order valence-corrected chi connectivity index (χ0v) is 13.0. The van der Waals surface area contributed by atoms with Crippen molar-refractivity contribution >= 4 is 12.0 Å². The number of carboxylic acids is 1. The van der Waals surface area contributed by atoms with Crippen molar-refractivity contribution in [3.63, 3.8) is 0 Å². The molecule has 0 unspecified atom stereocenters. The van der Waals surface area contributed by atoms with E-state index in [9.17, 15) is 9.59 Å². The quantitative estimate of drug-likeness (QED) is 0.758. The minimum absolute atomic E-state index is 0.214. The van der Waals surface area contributed by atoms with Crippen molar-refractivity contribution in [1.29, 1.82) is 0 Å². The first-order chi connectivity index (χ1) is 11.0. The smallest absolute Gasteiger partial charge is 0.335 e. The summed E-state index contributed by atoms with van der Waals surface area (Å²) in [6.45, 7) is 4.36.